The summed E-state index contributed by atoms with van der Waals surface area (Å²) in [6.45, 7) is 0.533. The topological polar surface area (TPSA) is 74.3 Å². The third-order valence-corrected chi connectivity index (χ3v) is 3.08. The van der Waals surface area contributed by atoms with E-state index in [4.69, 9.17) is 0 Å². The molecule has 0 radical (unpaired) electrons. The zero-order valence-corrected chi connectivity index (χ0v) is 11.3. The molecule has 0 aliphatic rings. The minimum absolute atomic E-state index is 0.00851. The first-order valence-electron chi connectivity index (χ1n) is 6.40. The van der Waals surface area contributed by atoms with Gasteiger partial charge in [0.15, 0.2) is 0 Å². The number of esters is 1. The Morgan fingerprint density at radius 3 is 2.70 bits per heavy atom. The number of aliphatic hydroxyl groups is 1. The predicted octanol–water partition coefficient (Wildman–Crippen LogP) is 1.62. The molecule has 0 bridgehead atoms. The van der Waals surface area contributed by atoms with Crippen molar-refractivity contribution in [3.8, 4) is 0 Å². The van der Waals surface area contributed by atoms with E-state index in [-0.39, 0.29) is 12.6 Å². The maximum absolute atomic E-state index is 11.3. The third-order valence-electron chi connectivity index (χ3n) is 3.08. The molecule has 0 aliphatic heterocycles. The maximum atomic E-state index is 11.3. The average molecular weight is 274 g/mol. The second-order valence-electron chi connectivity index (χ2n) is 4.42. The smallest absolute Gasteiger partial charge is 0.354 e. The van der Waals surface area contributed by atoms with Crippen molar-refractivity contribution < 1.29 is 14.6 Å². The molecule has 0 amide bonds. The van der Waals surface area contributed by atoms with Gasteiger partial charge in [-0.2, -0.15) is 0 Å². The molecule has 106 valence electrons. The Bertz CT molecular complexity index is 551. The molecule has 5 heteroatoms. The minimum Gasteiger partial charge on any atom is -0.464 e. The van der Waals surface area contributed by atoms with Gasteiger partial charge in [0.1, 0.15) is 5.69 Å². The Kier molecular flexibility index (Phi) is 4.92. The van der Waals surface area contributed by atoms with Gasteiger partial charge in [-0.25, -0.2) is 4.79 Å². The van der Waals surface area contributed by atoms with E-state index >= 15 is 0 Å². The van der Waals surface area contributed by atoms with E-state index in [9.17, 15) is 9.90 Å². The molecule has 3 N–H and O–H groups in total. The number of H-pyrrole nitrogens is 1. The van der Waals surface area contributed by atoms with Crippen LogP contribution in [0.1, 0.15) is 27.8 Å². The highest BCUT2D eigenvalue weighted by Crippen LogP contribution is 2.12. The third kappa shape index (κ3) is 3.46. The van der Waals surface area contributed by atoms with Crippen molar-refractivity contribution in [2.75, 3.05) is 13.7 Å². The second kappa shape index (κ2) is 6.88. The fourth-order valence-electron chi connectivity index (χ4n) is 1.98. The van der Waals surface area contributed by atoms with E-state index in [1.54, 1.807) is 6.07 Å². The van der Waals surface area contributed by atoms with Crippen molar-refractivity contribution in [2.24, 2.45) is 0 Å². The van der Waals surface area contributed by atoms with Crippen LogP contribution in [0.2, 0.25) is 0 Å². The molecule has 0 saturated carbocycles. The first-order chi connectivity index (χ1) is 9.74. The Morgan fingerprint density at radius 1 is 1.30 bits per heavy atom. The number of rotatable bonds is 6. The number of aromatic amines is 1. The Morgan fingerprint density at radius 2 is 2.05 bits per heavy atom. The van der Waals surface area contributed by atoms with Gasteiger partial charge in [-0.15, -0.1) is 0 Å². The number of hydrogen-bond acceptors (Lipinski definition) is 4. The number of carbonyl (C=O) groups excluding carboxylic acids is 1. The molecule has 2 aromatic rings. The van der Waals surface area contributed by atoms with Crippen molar-refractivity contribution in [1.29, 1.82) is 0 Å². The van der Waals surface area contributed by atoms with Gasteiger partial charge in [-0.05, 0) is 17.7 Å². The summed E-state index contributed by atoms with van der Waals surface area (Å²) in [7, 11) is 1.35. The number of methoxy groups -OCH3 is 1. The lowest BCUT2D eigenvalue weighted by Gasteiger charge is -2.16. The number of hydrogen-bond donors (Lipinski definition) is 3. The largest absolute Gasteiger partial charge is 0.464 e. The van der Waals surface area contributed by atoms with Crippen molar-refractivity contribution in [3.05, 3.63) is 59.4 Å². The lowest BCUT2D eigenvalue weighted by Crippen LogP contribution is -2.24. The van der Waals surface area contributed by atoms with E-state index in [1.807, 2.05) is 36.4 Å². The average Bonchev–Trinajstić information content (AvgIpc) is 2.97. The zero-order chi connectivity index (χ0) is 14.4. The normalized spacial score (nSPS) is 12.1. The first-order valence-corrected chi connectivity index (χ1v) is 6.40. The molecular formula is C15H18N2O3. The highest BCUT2D eigenvalue weighted by Gasteiger charge is 2.11. The lowest BCUT2D eigenvalue weighted by molar-refractivity contribution is 0.0594. The summed E-state index contributed by atoms with van der Waals surface area (Å²) >= 11 is 0. The van der Waals surface area contributed by atoms with Crippen LogP contribution < -0.4 is 5.32 Å². The minimum atomic E-state index is -0.391. The molecule has 2 rings (SSSR count). The summed E-state index contributed by atoms with van der Waals surface area (Å²) in [5, 5.41) is 12.7. The van der Waals surface area contributed by atoms with Gasteiger partial charge in [0.05, 0.1) is 19.8 Å². The van der Waals surface area contributed by atoms with Crippen molar-refractivity contribution >= 4 is 5.97 Å². The molecule has 1 atom stereocenters. The highest BCUT2D eigenvalue weighted by molar-refractivity contribution is 5.87. The van der Waals surface area contributed by atoms with Gasteiger partial charge in [0.25, 0.3) is 0 Å². The molecule has 0 unspecified atom stereocenters. The number of nitrogens with one attached hydrogen (secondary N) is 2. The van der Waals surface area contributed by atoms with Crippen LogP contribution in [0.4, 0.5) is 0 Å². The summed E-state index contributed by atoms with van der Waals surface area (Å²) in [6, 6.07) is 13.1. The van der Waals surface area contributed by atoms with E-state index in [0.717, 1.165) is 11.3 Å². The van der Waals surface area contributed by atoms with Crippen molar-refractivity contribution in [3.63, 3.8) is 0 Å². The first kappa shape index (κ1) is 14.3. The van der Waals surface area contributed by atoms with Gasteiger partial charge in [0, 0.05) is 12.2 Å². The van der Waals surface area contributed by atoms with E-state index < -0.39 is 5.97 Å². The standard InChI is InChI=1S/C15H18N2O3/c1-20-15(19)13-8-7-12(17-13)9-16-14(10-18)11-5-3-2-4-6-11/h2-8,14,16-18H,9-10H2,1H3/t14-/m0/s1. The lowest BCUT2D eigenvalue weighted by atomic mass is 10.1. The van der Waals surface area contributed by atoms with Crippen LogP contribution >= 0.6 is 0 Å². The van der Waals surface area contributed by atoms with Crippen molar-refractivity contribution in [2.45, 2.75) is 12.6 Å². The quantitative estimate of drug-likeness (QED) is 0.700. The number of ether oxygens (including phenoxy) is 1. The van der Waals surface area contributed by atoms with Crippen LogP contribution in [0.25, 0.3) is 0 Å². The molecule has 1 aromatic heterocycles. The second-order valence-corrected chi connectivity index (χ2v) is 4.42. The summed E-state index contributed by atoms with van der Waals surface area (Å²) in [5.41, 5.74) is 2.30. The summed E-state index contributed by atoms with van der Waals surface area (Å²) < 4.78 is 4.64. The summed E-state index contributed by atoms with van der Waals surface area (Å²) in [6.07, 6.45) is 0. The maximum Gasteiger partial charge on any atom is 0.354 e. The Labute approximate surface area is 117 Å². The van der Waals surface area contributed by atoms with Gasteiger partial charge in [-0.1, -0.05) is 30.3 Å². The Balaban J connectivity index is 1.97. The van der Waals surface area contributed by atoms with E-state index in [0.29, 0.717) is 12.2 Å². The van der Waals surface area contributed by atoms with Crippen LogP contribution in [0.15, 0.2) is 42.5 Å². The molecule has 0 aliphatic carbocycles. The fraction of sp³-hybridized carbons (Fsp3) is 0.267. The number of benzene rings is 1. The number of carbonyl (C=O) groups is 1. The Hall–Kier alpha value is -2.11. The van der Waals surface area contributed by atoms with Crippen LogP contribution in [0, 0.1) is 0 Å². The van der Waals surface area contributed by atoms with Crippen molar-refractivity contribution in [1.82, 2.24) is 10.3 Å². The van der Waals surface area contributed by atoms with E-state index in [1.165, 1.54) is 7.11 Å². The van der Waals surface area contributed by atoms with Gasteiger partial charge in [-0.3, -0.25) is 0 Å². The molecule has 0 saturated heterocycles. The summed E-state index contributed by atoms with van der Waals surface area (Å²) in [4.78, 5) is 14.3. The summed E-state index contributed by atoms with van der Waals surface area (Å²) in [5.74, 6) is -0.391. The monoisotopic (exact) mass is 274 g/mol. The van der Waals surface area contributed by atoms with Crippen LogP contribution in [-0.4, -0.2) is 29.8 Å². The van der Waals surface area contributed by atoms with E-state index in [2.05, 4.69) is 15.0 Å². The number of aromatic nitrogens is 1. The van der Waals surface area contributed by atoms with Gasteiger partial charge >= 0.3 is 5.97 Å². The van der Waals surface area contributed by atoms with Crippen LogP contribution in [0.5, 0.6) is 0 Å². The van der Waals surface area contributed by atoms with Gasteiger partial charge < -0.3 is 20.1 Å². The molecule has 20 heavy (non-hydrogen) atoms. The zero-order valence-electron chi connectivity index (χ0n) is 11.3. The molecule has 1 aromatic carbocycles. The van der Waals surface area contributed by atoms with Crippen LogP contribution in [0.3, 0.4) is 0 Å². The molecule has 0 spiro atoms. The number of aliphatic hydroxyl groups excluding tert-OH is 1. The van der Waals surface area contributed by atoms with Crippen LogP contribution in [-0.2, 0) is 11.3 Å². The molecule has 1 heterocycles. The highest BCUT2D eigenvalue weighted by atomic mass is 16.5. The molecular weight excluding hydrogens is 256 g/mol. The van der Waals surface area contributed by atoms with Gasteiger partial charge in [0.2, 0.25) is 0 Å². The fourth-order valence-corrected chi connectivity index (χ4v) is 1.98. The molecule has 0 fully saturated rings. The molecule has 5 nitrogen and oxygen atoms in total. The predicted molar refractivity (Wildman–Crippen MR) is 75.2 cm³/mol. The SMILES string of the molecule is COC(=O)c1ccc(CN[C@@H](CO)c2ccccc2)[nH]1.